The number of rotatable bonds is 4. The van der Waals surface area contributed by atoms with Crippen LogP contribution < -0.4 is 0 Å². The highest BCUT2D eigenvalue weighted by Crippen LogP contribution is 2.37. The van der Waals surface area contributed by atoms with Crippen LogP contribution in [0.5, 0.6) is 0 Å². The van der Waals surface area contributed by atoms with E-state index in [1.807, 2.05) is 30.3 Å². The molecule has 0 atom stereocenters. The Hall–Kier alpha value is -1.73. The molecule has 0 radical (unpaired) electrons. The zero-order chi connectivity index (χ0) is 14.4. The highest BCUT2D eigenvalue weighted by molar-refractivity contribution is 7.90. The Morgan fingerprint density at radius 2 is 1.86 bits per heavy atom. The monoisotopic (exact) mass is 305 g/mol. The van der Waals surface area contributed by atoms with Gasteiger partial charge in [0.1, 0.15) is 0 Å². The predicted molar refractivity (Wildman–Crippen MR) is 76.0 cm³/mol. The SMILES string of the molecule is O=S(=O)(C1CC1)N1CC(c2nc(-c3ccccc3)no2)C1. The minimum Gasteiger partial charge on any atom is -0.339 e. The Balaban J connectivity index is 1.46. The molecule has 2 aromatic rings. The molecule has 1 aromatic carbocycles. The lowest BCUT2D eigenvalue weighted by atomic mass is 10.0. The van der Waals surface area contributed by atoms with E-state index >= 15 is 0 Å². The van der Waals surface area contributed by atoms with E-state index in [1.165, 1.54) is 4.31 Å². The minimum atomic E-state index is -3.07. The fourth-order valence-corrected chi connectivity index (χ4v) is 4.41. The Kier molecular flexibility index (Phi) is 2.87. The van der Waals surface area contributed by atoms with Crippen molar-refractivity contribution in [1.82, 2.24) is 14.4 Å². The molecule has 21 heavy (non-hydrogen) atoms. The lowest BCUT2D eigenvalue weighted by molar-refractivity contribution is 0.216. The molecule has 1 aromatic heterocycles. The first-order valence-corrected chi connectivity index (χ1v) is 8.53. The fraction of sp³-hybridized carbons (Fsp3) is 0.429. The topological polar surface area (TPSA) is 76.3 Å². The second-order valence-corrected chi connectivity index (χ2v) is 7.79. The highest BCUT2D eigenvalue weighted by Gasteiger charge is 2.46. The third-order valence-corrected chi connectivity index (χ3v) is 6.31. The van der Waals surface area contributed by atoms with E-state index in [4.69, 9.17) is 4.52 Å². The van der Waals surface area contributed by atoms with Crippen LogP contribution in [0.25, 0.3) is 11.4 Å². The molecule has 0 amide bonds. The molecule has 1 aliphatic heterocycles. The van der Waals surface area contributed by atoms with E-state index in [0.717, 1.165) is 18.4 Å². The maximum Gasteiger partial charge on any atom is 0.232 e. The summed E-state index contributed by atoms with van der Waals surface area (Å²) in [5, 5.41) is 3.82. The second kappa shape index (κ2) is 4.64. The molecule has 110 valence electrons. The summed E-state index contributed by atoms with van der Waals surface area (Å²) in [5.41, 5.74) is 0.897. The highest BCUT2D eigenvalue weighted by atomic mass is 32.2. The van der Waals surface area contributed by atoms with Gasteiger partial charge >= 0.3 is 0 Å². The normalized spacial score (nSPS) is 20.4. The van der Waals surface area contributed by atoms with Crippen molar-refractivity contribution in [1.29, 1.82) is 0 Å². The van der Waals surface area contributed by atoms with Gasteiger partial charge in [0.15, 0.2) is 0 Å². The van der Waals surface area contributed by atoms with Gasteiger partial charge in [0.25, 0.3) is 0 Å². The van der Waals surface area contributed by atoms with Crippen LogP contribution in [0.2, 0.25) is 0 Å². The van der Waals surface area contributed by atoms with Crippen LogP contribution in [0, 0.1) is 0 Å². The summed E-state index contributed by atoms with van der Waals surface area (Å²) in [7, 11) is -3.07. The predicted octanol–water partition coefficient (Wildman–Crippen LogP) is 1.63. The number of aromatic nitrogens is 2. The molecule has 2 fully saturated rings. The van der Waals surface area contributed by atoms with Crippen molar-refractivity contribution < 1.29 is 12.9 Å². The van der Waals surface area contributed by atoms with Crippen molar-refractivity contribution >= 4 is 10.0 Å². The molecular weight excluding hydrogens is 290 g/mol. The molecule has 2 heterocycles. The van der Waals surface area contributed by atoms with Crippen molar-refractivity contribution in [2.45, 2.75) is 24.0 Å². The third kappa shape index (κ3) is 2.26. The van der Waals surface area contributed by atoms with E-state index in [2.05, 4.69) is 10.1 Å². The Bertz CT molecular complexity index is 747. The summed E-state index contributed by atoms with van der Waals surface area (Å²) in [4.78, 5) is 4.38. The van der Waals surface area contributed by atoms with Gasteiger partial charge in [-0.2, -0.15) is 9.29 Å². The Morgan fingerprint density at radius 3 is 2.52 bits per heavy atom. The average molecular weight is 305 g/mol. The molecule has 6 nitrogen and oxygen atoms in total. The quantitative estimate of drug-likeness (QED) is 0.858. The number of nitrogens with zero attached hydrogens (tertiary/aromatic N) is 3. The van der Waals surface area contributed by atoms with Crippen LogP contribution in [0.1, 0.15) is 24.7 Å². The lowest BCUT2D eigenvalue weighted by Crippen LogP contribution is -2.49. The first-order valence-electron chi connectivity index (χ1n) is 7.02. The van der Waals surface area contributed by atoms with Crippen molar-refractivity contribution in [3.8, 4) is 11.4 Å². The molecule has 0 unspecified atom stereocenters. The van der Waals surface area contributed by atoms with Crippen LogP contribution in [0.4, 0.5) is 0 Å². The smallest absolute Gasteiger partial charge is 0.232 e. The van der Waals surface area contributed by atoms with Crippen LogP contribution in [0.3, 0.4) is 0 Å². The van der Waals surface area contributed by atoms with Gasteiger partial charge < -0.3 is 4.52 Å². The second-order valence-electron chi connectivity index (χ2n) is 5.58. The lowest BCUT2D eigenvalue weighted by Gasteiger charge is -2.35. The van der Waals surface area contributed by atoms with Crippen molar-refractivity contribution in [2.24, 2.45) is 0 Å². The van der Waals surface area contributed by atoms with Crippen LogP contribution in [-0.4, -0.2) is 41.2 Å². The van der Waals surface area contributed by atoms with Gasteiger partial charge in [0.05, 0.1) is 11.2 Å². The van der Waals surface area contributed by atoms with E-state index < -0.39 is 10.0 Å². The summed E-state index contributed by atoms with van der Waals surface area (Å²) in [6, 6.07) is 9.59. The van der Waals surface area contributed by atoms with Gasteiger partial charge in [-0.15, -0.1) is 0 Å². The van der Waals surface area contributed by atoms with Crippen molar-refractivity contribution in [3.05, 3.63) is 36.2 Å². The number of sulfonamides is 1. The van der Waals surface area contributed by atoms with Gasteiger partial charge in [-0.3, -0.25) is 0 Å². The molecule has 1 saturated heterocycles. The zero-order valence-corrected chi connectivity index (χ0v) is 12.2. The Labute approximate surface area is 122 Å². The molecule has 4 rings (SSSR count). The maximum absolute atomic E-state index is 12.0. The first-order chi connectivity index (χ1) is 10.1. The average Bonchev–Trinajstić information content (AvgIpc) is 3.19. The first kappa shape index (κ1) is 13.0. The van der Waals surface area contributed by atoms with Gasteiger partial charge in [0.2, 0.25) is 21.7 Å². The summed E-state index contributed by atoms with van der Waals surface area (Å²) in [6.45, 7) is 0.907. The van der Waals surface area contributed by atoms with Gasteiger partial charge in [-0.1, -0.05) is 35.5 Å². The number of hydrogen-bond donors (Lipinski definition) is 0. The third-order valence-electron chi connectivity index (χ3n) is 3.98. The van der Waals surface area contributed by atoms with E-state index in [-0.39, 0.29) is 11.2 Å². The van der Waals surface area contributed by atoms with E-state index in [9.17, 15) is 8.42 Å². The molecule has 1 aliphatic carbocycles. The molecule has 0 spiro atoms. The van der Waals surface area contributed by atoms with E-state index in [0.29, 0.717) is 24.8 Å². The maximum atomic E-state index is 12.0. The van der Waals surface area contributed by atoms with Crippen LogP contribution >= 0.6 is 0 Å². The standard InChI is InChI=1S/C14H15N3O3S/c18-21(19,12-6-7-12)17-8-11(9-17)14-15-13(16-20-14)10-4-2-1-3-5-10/h1-5,11-12H,6-9H2. The molecule has 0 bridgehead atoms. The molecule has 2 aliphatic rings. The van der Waals surface area contributed by atoms with Crippen LogP contribution in [0.15, 0.2) is 34.9 Å². The minimum absolute atomic E-state index is 0.0171. The summed E-state index contributed by atoms with van der Waals surface area (Å²) in [6.07, 6.45) is 1.59. The number of benzene rings is 1. The van der Waals surface area contributed by atoms with Gasteiger partial charge in [-0.25, -0.2) is 8.42 Å². The number of hydrogen-bond acceptors (Lipinski definition) is 5. The molecule has 1 saturated carbocycles. The molecule has 0 N–H and O–H groups in total. The zero-order valence-electron chi connectivity index (χ0n) is 11.3. The van der Waals surface area contributed by atoms with Gasteiger partial charge in [0, 0.05) is 18.7 Å². The molecular formula is C14H15N3O3S. The summed E-state index contributed by atoms with van der Waals surface area (Å²) < 4.78 is 30.9. The van der Waals surface area contributed by atoms with Crippen LogP contribution in [-0.2, 0) is 10.0 Å². The summed E-state index contributed by atoms with van der Waals surface area (Å²) in [5.74, 6) is 1.09. The van der Waals surface area contributed by atoms with Crippen molar-refractivity contribution in [2.75, 3.05) is 13.1 Å². The Morgan fingerprint density at radius 1 is 1.14 bits per heavy atom. The molecule has 7 heteroatoms. The van der Waals surface area contributed by atoms with Gasteiger partial charge in [-0.05, 0) is 12.8 Å². The fourth-order valence-electron chi connectivity index (χ4n) is 2.48. The largest absolute Gasteiger partial charge is 0.339 e. The summed E-state index contributed by atoms with van der Waals surface area (Å²) >= 11 is 0. The van der Waals surface area contributed by atoms with Crippen molar-refractivity contribution in [3.63, 3.8) is 0 Å². The van der Waals surface area contributed by atoms with E-state index in [1.54, 1.807) is 0 Å².